The number of thiophene rings is 2. The number of fused-ring (bicyclic) bond motifs is 1. The van der Waals surface area contributed by atoms with Gasteiger partial charge in [0.05, 0.1) is 16.9 Å². The van der Waals surface area contributed by atoms with Gasteiger partial charge in [0.15, 0.2) is 11.6 Å². The smallest absolute Gasteiger partial charge is 0.275 e. The molecular weight excluding hydrogens is 520 g/mol. The second kappa shape index (κ2) is 10.8. The van der Waals surface area contributed by atoms with Crippen LogP contribution in [-0.2, 0) is 14.3 Å². The van der Waals surface area contributed by atoms with Crippen molar-refractivity contribution in [3.05, 3.63) is 59.0 Å². The van der Waals surface area contributed by atoms with E-state index < -0.39 is 11.8 Å². The van der Waals surface area contributed by atoms with Crippen molar-refractivity contribution in [2.24, 2.45) is 0 Å². The van der Waals surface area contributed by atoms with E-state index in [1.165, 1.54) is 17.4 Å². The Morgan fingerprint density at radius 1 is 1.06 bits per heavy atom. The zero-order valence-corrected chi connectivity index (χ0v) is 22.2. The number of carbonyl (C=O) groups is 2. The summed E-state index contributed by atoms with van der Waals surface area (Å²) < 4.78 is 10.7. The van der Waals surface area contributed by atoms with Crippen molar-refractivity contribution < 1.29 is 19.1 Å². The minimum absolute atomic E-state index is 0. The van der Waals surface area contributed by atoms with Gasteiger partial charge in [0.2, 0.25) is 0 Å². The Kier molecular flexibility index (Phi) is 7.70. The number of hydrogen-bond acceptors (Lipinski definition) is 9. The van der Waals surface area contributed by atoms with Crippen molar-refractivity contribution >= 4 is 62.9 Å². The van der Waals surface area contributed by atoms with Crippen LogP contribution >= 0.6 is 35.1 Å². The molecule has 0 bridgehead atoms. The third-order valence-electron chi connectivity index (χ3n) is 5.52. The first kappa shape index (κ1) is 25.8. The molecule has 0 unspecified atom stereocenters. The largest absolute Gasteiger partial charge is 0.491 e. The second-order valence-electron chi connectivity index (χ2n) is 7.89. The average Bonchev–Trinajstić information content (AvgIpc) is 3.56. The van der Waals surface area contributed by atoms with E-state index in [1.807, 2.05) is 48.7 Å². The van der Waals surface area contributed by atoms with E-state index in [4.69, 9.17) is 19.4 Å². The van der Waals surface area contributed by atoms with Gasteiger partial charge in [-0.1, -0.05) is 6.07 Å². The Bertz CT molecular complexity index is 1450. The first-order chi connectivity index (χ1) is 17.0. The summed E-state index contributed by atoms with van der Waals surface area (Å²) in [4.78, 5) is 37.1. The van der Waals surface area contributed by atoms with Gasteiger partial charge in [-0.15, -0.1) is 35.1 Å². The number of methoxy groups -OCH3 is 1. The summed E-state index contributed by atoms with van der Waals surface area (Å²) in [5.41, 5.74) is 5.32. The summed E-state index contributed by atoms with van der Waals surface area (Å²) >= 11 is 3.07. The van der Waals surface area contributed by atoms with Gasteiger partial charge in [-0.05, 0) is 60.7 Å². The minimum atomic E-state index is -0.422. The number of imide groups is 1. The number of nitrogens with one attached hydrogen (secondary N) is 1. The Morgan fingerprint density at radius 3 is 2.47 bits per heavy atom. The summed E-state index contributed by atoms with van der Waals surface area (Å²) in [6, 6.07) is 11.7. The molecule has 8 nitrogen and oxygen atoms in total. The van der Waals surface area contributed by atoms with E-state index in [9.17, 15) is 9.59 Å². The lowest BCUT2D eigenvalue weighted by molar-refractivity contribution is -0.135. The number of hydrogen-bond donors (Lipinski definition) is 1. The topological polar surface area (TPSA) is 93.7 Å². The third kappa shape index (κ3) is 4.85. The lowest BCUT2D eigenvalue weighted by Gasteiger charge is -2.17. The van der Waals surface area contributed by atoms with Crippen molar-refractivity contribution in [1.82, 2.24) is 15.0 Å². The molecule has 0 atom stereocenters. The molecule has 11 heteroatoms. The van der Waals surface area contributed by atoms with Gasteiger partial charge in [-0.2, -0.15) is 5.01 Å². The summed E-state index contributed by atoms with van der Waals surface area (Å²) in [6.07, 6.45) is 1.32. The normalized spacial score (nSPS) is 13.2. The number of aromatic nitrogens is 2. The molecule has 5 rings (SSSR count). The molecule has 186 valence electrons. The molecular formula is C25H23ClN4O4S2. The van der Waals surface area contributed by atoms with Crippen LogP contribution in [0.15, 0.2) is 53.4 Å². The highest BCUT2D eigenvalue weighted by atomic mass is 35.5. The van der Waals surface area contributed by atoms with Crippen molar-refractivity contribution in [1.29, 1.82) is 0 Å². The van der Waals surface area contributed by atoms with E-state index in [0.717, 1.165) is 41.9 Å². The highest BCUT2D eigenvalue weighted by Gasteiger charge is 2.30. The molecule has 0 radical (unpaired) electrons. The van der Waals surface area contributed by atoms with Crippen LogP contribution in [0.2, 0.25) is 0 Å². The van der Waals surface area contributed by atoms with Gasteiger partial charge in [-0.25, -0.2) is 9.97 Å². The van der Waals surface area contributed by atoms with Gasteiger partial charge < -0.3 is 9.47 Å². The first-order valence-electron chi connectivity index (χ1n) is 10.9. The summed E-state index contributed by atoms with van der Waals surface area (Å²) in [7, 11) is 1.64. The lowest BCUT2D eigenvalue weighted by atomic mass is 10.1. The molecule has 36 heavy (non-hydrogen) atoms. The highest BCUT2D eigenvalue weighted by molar-refractivity contribution is 7.22. The maximum Gasteiger partial charge on any atom is 0.275 e. The maximum atomic E-state index is 12.5. The molecule has 4 aromatic rings. The zero-order chi connectivity index (χ0) is 24.5. The second-order valence-corrected chi connectivity index (χ2v) is 9.84. The van der Waals surface area contributed by atoms with Gasteiger partial charge in [0.1, 0.15) is 17.2 Å². The highest BCUT2D eigenvalue weighted by Crippen LogP contribution is 2.42. The van der Waals surface area contributed by atoms with Gasteiger partial charge >= 0.3 is 0 Å². The molecule has 0 spiro atoms. The van der Waals surface area contributed by atoms with Crippen LogP contribution < -0.4 is 10.2 Å². The molecule has 0 saturated carbocycles. The summed E-state index contributed by atoms with van der Waals surface area (Å²) in [5, 5.41) is 3.73. The number of amides is 2. The standard InChI is InChI=1S/C25H22N4O4S2.ClH/c1-14-13-19(30)29(25(14)31)28-23-20-15(2)21(16-6-8-17(9-7-16)33-11-10-32-3)35-24(20)27-22(26-23)18-5-4-12-34-18;/h4-9,12-13H,10-11H2,1-3H3,(H,26,27,28);1H. The van der Waals surface area contributed by atoms with Crippen LogP contribution in [0, 0.1) is 6.92 Å². The Morgan fingerprint density at radius 2 is 1.83 bits per heavy atom. The van der Waals surface area contributed by atoms with Crippen LogP contribution in [0.3, 0.4) is 0 Å². The van der Waals surface area contributed by atoms with E-state index in [0.29, 0.717) is 30.4 Å². The molecule has 0 fully saturated rings. The van der Waals surface area contributed by atoms with Crippen LogP contribution in [0.5, 0.6) is 5.75 Å². The van der Waals surface area contributed by atoms with Crippen molar-refractivity contribution in [2.75, 3.05) is 25.7 Å². The van der Waals surface area contributed by atoms with E-state index in [1.54, 1.807) is 25.4 Å². The fraction of sp³-hybridized carbons (Fsp3) is 0.200. The molecule has 0 aliphatic carbocycles. The number of hydrazine groups is 1. The summed E-state index contributed by atoms with van der Waals surface area (Å²) in [6.45, 7) is 4.62. The fourth-order valence-electron chi connectivity index (χ4n) is 3.76. The average molecular weight is 543 g/mol. The first-order valence-corrected chi connectivity index (χ1v) is 12.6. The monoisotopic (exact) mass is 542 g/mol. The van der Waals surface area contributed by atoms with Crippen LogP contribution in [0.4, 0.5) is 5.82 Å². The predicted molar refractivity (Wildman–Crippen MR) is 145 cm³/mol. The molecule has 3 aromatic heterocycles. The van der Waals surface area contributed by atoms with Crippen molar-refractivity contribution in [2.45, 2.75) is 13.8 Å². The number of rotatable bonds is 8. The number of benzene rings is 1. The van der Waals surface area contributed by atoms with Crippen molar-refractivity contribution in [3.63, 3.8) is 0 Å². The SMILES string of the molecule is COCCOc1ccc(-c2sc3nc(-c4cccs4)nc(NN4C(=O)C=C(C)C4=O)c3c2C)cc1.Cl. The molecule has 1 aliphatic rings. The Balaban J connectivity index is 0.00000304. The lowest BCUT2D eigenvalue weighted by Crippen LogP contribution is -2.36. The van der Waals surface area contributed by atoms with Crippen LogP contribution in [0.25, 0.3) is 31.4 Å². The number of carbonyl (C=O) groups excluding carboxylic acids is 2. The molecule has 4 heterocycles. The number of ether oxygens (including phenoxy) is 2. The van der Waals surface area contributed by atoms with Crippen molar-refractivity contribution in [3.8, 4) is 26.9 Å². The van der Waals surface area contributed by atoms with E-state index >= 15 is 0 Å². The molecule has 1 aromatic carbocycles. The van der Waals surface area contributed by atoms with Gasteiger partial charge in [0, 0.05) is 23.6 Å². The number of aryl methyl sites for hydroxylation is 1. The fourth-order valence-corrected chi connectivity index (χ4v) is 5.60. The predicted octanol–water partition coefficient (Wildman–Crippen LogP) is 5.48. The minimum Gasteiger partial charge on any atom is -0.491 e. The van der Waals surface area contributed by atoms with Gasteiger partial charge in [0.25, 0.3) is 11.8 Å². The third-order valence-corrected chi connectivity index (χ3v) is 7.62. The number of halogens is 1. The van der Waals surface area contributed by atoms with Crippen LogP contribution in [0.1, 0.15) is 12.5 Å². The Labute approximate surface area is 222 Å². The molecule has 2 amide bonds. The summed E-state index contributed by atoms with van der Waals surface area (Å²) in [5.74, 6) is 0.905. The molecule has 1 aliphatic heterocycles. The number of anilines is 1. The zero-order valence-electron chi connectivity index (χ0n) is 19.7. The van der Waals surface area contributed by atoms with Crippen LogP contribution in [-0.4, -0.2) is 47.1 Å². The van der Waals surface area contributed by atoms with E-state index in [2.05, 4.69) is 5.43 Å². The Hall–Kier alpha value is -3.31. The van der Waals surface area contributed by atoms with E-state index in [-0.39, 0.29) is 12.4 Å². The molecule has 1 N–H and O–H groups in total. The molecule has 0 saturated heterocycles. The quantitative estimate of drug-likeness (QED) is 0.232. The maximum absolute atomic E-state index is 12.5. The number of nitrogens with zero attached hydrogens (tertiary/aromatic N) is 3. The van der Waals surface area contributed by atoms with Gasteiger partial charge in [-0.3, -0.25) is 15.0 Å².